The van der Waals surface area contributed by atoms with Crippen molar-refractivity contribution < 1.29 is 26.4 Å². The molecular formula is C19H28O6S2. The molecule has 0 N–H and O–H groups in total. The highest BCUT2D eigenvalue weighted by Gasteiger charge is 2.51. The second-order valence-corrected chi connectivity index (χ2v) is 12.5. The van der Waals surface area contributed by atoms with Crippen LogP contribution in [0.3, 0.4) is 0 Å². The zero-order valence-corrected chi connectivity index (χ0v) is 17.9. The molecule has 0 radical (unpaired) electrons. The van der Waals surface area contributed by atoms with Gasteiger partial charge < -0.3 is 4.74 Å². The molecule has 1 atom stereocenters. The number of ketones is 1. The Kier molecular flexibility index (Phi) is 6.41. The summed E-state index contributed by atoms with van der Waals surface area (Å²) in [4.78, 5) is 13.5. The van der Waals surface area contributed by atoms with Gasteiger partial charge >= 0.3 is 0 Å². The van der Waals surface area contributed by atoms with E-state index in [0.29, 0.717) is 17.7 Å². The summed E-state index contributed by atoms with van der Waals surface area (Å²) in [5.41, 5.74) is -0.787. The van der Waals surface area contributed by atoms with Gasteiger partial charge in [-0.2, -0.15) is 0 Å². The molecule has 1 aliphatic rings. The number of para-hydroxylation sites is 1. The van der Waals surface area contributed by atoms with Crippen LogP contribution in [-0.2, 0) is 19.7 Å². The first-order valence-electron chi connectivity index (χ1n) is 9.00. The van der Waals surface area contributed by atoms with Crippen LogP contribution in [0, 0.1) is 11.3 Å². The lowest BCUT2D eigenvalue weighted by molar-refractivity contribution is 0.0133. The minimum atomic E-state index is -3.33. The number of hydrogen-bond donors (Lipinski definition) is 0. The molecule has 0 saturated carbocycles. The van der Waals surface area contributed by atoms with E-state index in [2.05, 4.69) is 0 Å². The molecule has 1 aromatic carbocycles. The zero-order valence-electron chi connectivity index (χ0n) is 16.3. The van der Waals surface area contributed by atoms with Gasteiger partial charge in [0.25, 0.3) is 0 Å². The fourth-order valence-corrected chi connectivity index (χ4v) is 5.02. The number of sulfone groups is 2. The van der Waals surface area contributed by atoms with Crippen LogP contribution in [0.25, 0.3) is 0 Å². The third-order valence-electron chi connectivity index (χ3n) is 4.99. The van der Waals surface area contributed by atoms with E-state index < -0.39 is 31.2 Å². The summed E-state index contributed by atoms with van der Waals surface area (Å²) in [5.74, 6) is 0.0688. The highest BCUT2D eigenvalue weighted by Crippen LogP contribution is 2.46. The van der Waals surface area contributed by atoms with Crippen LogP contribution < -0.4 is 4.74 Å². The highest BCUT2D eigenvalue weighted by molar-refractivity contribution is 7.90. The first kappa shape index (κ1) is 21.9. The van der Waals surface area contributed by atoms with Crippen molar-refractivity contribution in [2.75, 3.05) is 24.0 Å². The van der Waals surface area contributed by atoms with E-state index in [1.165, 1.54) is 0 Å². The summed E-state index contributed by atoms with van der Waals surface area (Å²) in [7, 11) is -6.65. The minimum absolute atomic E-state index is 0.0475. The molecule has 0 aliphatic carbocycles. The molecular weight excluding hydrogens is 388 g/mol. The Hall–Kier alpha value is -1.41. The maximum absolute atomic E-state index is 13.5. The molecule has 6 nitrogen and oxygen atoms in total. The lowest BCUT2D eigenvalue weighted by Crippen LogP contribution is -2.51. The monoisotopic (exact) mass is 416 g/mol. The van der Waals surface area contributed by atoms with Gasteiger partial charge in [-0.15, -0.1) is 0 Å². The number of fused-ring (bicyclic) bond motifs is 1. The highest BCUT2D eigenvalue weighted by atomic mass is 32.2. The van der Waals surface area contributed by atoms with E-state index in [1.807, 2.05) is 13.8 Å². The smallest absolute Gasteiger partial charge is 0.176 e. The summed E-state index contributed by atoms with van der Waals surface area (Å²) in [6.45, 7) is 3.98. The zero-order chi connectivity index (χ0) is 20.5. The van der Waals surface area contributed by atoms with Gasteiger partial charge in [-0.3, -0.25) is 4.79 Å². The summed E-state index contributed by atoms with van der Waals surface area (Å²) in [6.07, 6.45) is 2.31. The predicted octanol–water partition coefficient (Wildman–Crippen LogP) is 2.53. The van der Waals surface area contributed by atoms with E-state index in [4.69, 9.17) is 4.74 Å². The molecule has 0 bridgehead atoms. The van der Waals surface area contributed by atoms with Gasteiger partial charge in [0.15, 0.2) is 5.78 Å². The summed E-state index contributed by atoms with van der Waals surface area (Å²) >= 11 is 0. The van der Waals surface area contributed by atoms with Crippen molar-refractivity contribution in [1.82, 2.24) is 0 Å². The van der Waals surface area contributed by atoms with Crippen molar-refractivity contribution in [3.63, 3.8) is 0 Å². The Morgan fingerprint density at radius 3 is 2.00 bits per heavy atom. The standard InChI is InChI=1S/C19H28O6S2/c1-14(2)13-17-19(9-11-26(3,21)22,10-12-27(4,23)24)18(20)15-7-5-6-8-16(15)25-17/h5-8,14,17H,9-13H2,1-4H3. The van der Waals surface area contributed by atoms with E-state index >= 15 is 0 Å². The van der Waals surface area contributed by atoms with Crippen molar-refractivity contribution in [2.45, 2.75) is 39.2 Å². The second-order valence-electron chi connectivity index (χ2n) is 7.98. The molecule has 1 aliphatic heterocycles. The van der Waals surface area contributed by atoms with Crippen molar-refractivity contribution in [3.05, 3.63) is 29.8 Å². The largest absolute Gasteiger partial charge is 0.489 e. The number of carbonyl (C=O) groups is 1. The Labute approximate surface area is 162 Å². The Bertz CT molecular complexity index is 864. The van der Waals surface area contributed by atoms with Gasteiger partial charge in [0.05, 0.1) is 22.5 Å². The molecule has 1 heterocycles. The molecule has 27 heavy (non-hydrogen) atoms. The SMILES string of the molecule is CC(C)CC1Oc2ccccc2C(=O)C1(CCS(C)(=O)=O)CCS(C)(=O)=O. The third kappa shape index (κ3) is 5.54. The normalized spacial score (nSPS) is 19.6. The van der Waals surface area contributed by atoms with Crippen LogP contribution in [0.15, 0.2) is 24.3 Å². The fraction of sp³-hybridized carbons (Fsp3) is 0.632. The van der Waals surface area contributed by atoms with Crippen molar-refractivity contribution in [1.29, 1.82) is 0 Å². The molecule has 1 unspecified atom stereocenters. The Morgan fingerprint density at radius 2 is 1.52 bits per heavy atom. The quantitative estimate of drug-likeness (QED) is 0.646. The molecule has 1 aromatic rings. The predicted molar refractivity (Wildman–Crippen MR) is 106 cm³/mol. The first-order valence-corrected chi connectivity index (χ1v) is 13.1. The summed E-state index contributed by atoms with van der Waals surface area (Å²) < 4.78 is 53.5. The molecule has 0 saturated heterocycles. The van der Waals surface area contributed by atoms with Gasteiger partial charge in [0.1, 0.15) is 31.5 Å². The van der Waals surface area contributed by atoms with E-state index in [1.54, 1.807) is 24.3 Å². The summed E-state index contributed by atoms with van der Waals surface area (Å²) in [5, 5.41) is 0. The number of Topliss-reactive ketones (excluding diaryl/α,β-unsaturated/α-hetero) is 1. The lowest BCUT2D eigenvalue weighted by Gasteiger charge is -2.44. The van der Waals surface area contributed by atoms with Gasteiger partial charge in [-0.25, -0.2) is 16.8 Å². The van der Waals surface area contributed by atoms with Crippen LogP contribution in [0.2, 0.25) is 0 Å². The maximum Gasteiger partial charge on any atom is 0.176 e. The topological polar surface area (TPSA) is 94.6 Å². The molecule has 8 heteroatoms. The maximum atomic E-state index is 13.5. The molecule has 2 rings (SSSR count). The number of ether oxygens (including phenoxy) is 1. The van der Waals surface area contributed by atoms with E-state index in [0.717, 1.165) is 12.5 Å². The van der Waals surface area contributed by atoms with Crippen LogP contribution in [-0.4, -0.2) is 52.7 Å². The van der Waals surface area contributed by atoms with Gasteiger partial charge in [-0.05, 0) is 37.3 Å². The van der Waals surface area contributed by atoms with E-state index in [-0.39, 0.29) is 36.0 Å². The molecule has 152 valence electrons. The fourth-order valence-electron chi connectivity index (χ4n) is 3.55. The lowest BCUT2D eigenvalue weighted by atomic mass is 9.68. The van der Waals surface area contributed by atoms with E-state index in [9.17, 15) is 21.6 Å². The summed E-state index contributed by atoms with van der Waals surface area (Å²) in [6, 6.07) is 6.87. The Balaban J connectivity index is 2.56. The van der Waals surface area contributed by atoms with Gasteiger partial charge in [0.2, 0.25) is 0 Å². The van der Waals surface area contributed by atoms with Gasteiger partial charge in [0, 0.05) is 12.5 Å². The minimum Gasteiger partial charge on any atom is -0.489 e. The first-order chi connectivity index (χ1) is 12.3. The number of rotatable bonds is 8. The van der Waals surface area contributed by atoms with Crippen LogP contribution in [0.4, 0.5) is 0 Å². The molecule has 0 fully saturated rings. The van der Waals surface area contributed by atoms with Crippen molar-refractivity contribution in [3.8, 4) is 5.75 Å². The van der Waals surface area contributed by atoms with Crippen LogP contribution in [0.1, 0.15) is 43.5 Å². The average molecular weight is 417 g/mol. The average Bonchev–Trinajstić information content (AvgIpc) is 2.52. The van der Waals surface area contributed by atoms with Crippen molar-refractivity contribution >= 4 is 25.5 Å². The Morgan fingerprint density at radius 1 is 1.00 bits per heavy atom. The third-order valence-corrected chi connectivity index (χ3v) is 6.88. The molecule has 0 amide bonds. The number of carbonyl (C=O) groups excluding carboxylic acids is 1. The van der Waals surface area contributed by atoms with Crippen LogP contribution >= 0.6 is 0 Å². The number of hydrogen-bond acceptors (Lipinski definition) is 6. The van der Waals surface area contributed by atoms with Crippen molar-refractivity contribution in [2.24, 2.45) is 11.3 Å². The second kappa shape index (κ2) is 7.91. The molecule has 0 aromatic heterocycles. The molecule has 0 spiro atoms. The van der Waals surface area contributed by atoms with Crippen LogP contribution in [0.5, 0.6) is 5.75 Å². The number of benzene rings is 1. The van der Waals surface area contributed by atoms with Gasteiger partial charge in [-0.1, -0.05) is 26.0 Å².